The molecule has 2 rings (SSSR count). The number of aliphatic hydroxyl groups excluding tert-OH is 1. The zero-order valence-electron chi connectivity index (χ0n) is 10.4. The molecule has 2 atom stereocenters. The number of benzene rings is 1. The van der Waals surface area contributed by atoms with Crippen molar-refractivity contribution in [1.29, 1.82) is 0 Å². The van der Waals surface area contributed by atoms with Crippen molar-refractivity contribution in [3.63, 3.8) is 0 Å². The fraction of sp³-hybridized carbons (Fsp3) is 0.571. The fourth-order valence-corrected chi connectivity index (χ4v) is 2.20. The van der Waals surface area contributed by atoms with E-state index in [-0.39, 0.29) is 5.82 Å². The highest BCUT2D eigenvalue weighted by Crippen LogP contribution is 2.14. The zero-order valence-corrected chi connectivity index (χ0v) is 10.4. The van der Waals surface area contributed by atoms with E-state index >= 15 is 0 Å². The lowest BCUT2D eigenvalue weighted by Gasteiger charge is -2.23. The van der Waals surface area contributed by atoms with Crippen LogP contribution in [0.2, 0.25) is 0 Å². The van der Waals surface area contributed by atoms with Gasteiger partial charge in [-0.05, 0) is 36.5 Å². The van der Waals surface area contributed by atoms with Crippen LogP contribution in [-0.4, -0.2) is 31.4 Å². The molecule has 0 amide bonds. The van der Waals surface area contributed by atoms with Crippen molar-refractivity contribution in [2.45, 2.75) is 18.9 Å². The quantitative estimate of drug-likeness (QED) is 0.842. The minimum atomic E-state index is -0.588. The third kappa shape index (κ3) is 4.05. The Kier molecular flexibility index (Phi) is 5.11. The van der Waals surface area contributed by atoms with Crippen LogP contribution >= 0.6 is 0 Å². The summed E-state index contributed by atoms with van der Waals surface area (Å²) in [5.74, 6) is 0.262. The van der Waals surface area contributed by atoms with Gasteiger partial charge in [0.2, 0.25) is 0 Å². The summed E-state index contributed by atoms with van der Waals surface area (Å²) in [6.45, 7) is 3.02. The number of aliphatic hydroxyl groups is 1. The Morgan fingerprint density at radius 3 is 2.83 bits per heavy atom. The number of nitrogens with one attached hydrogen (secondary N) is 1. The Balaban J connectivity index is 1.70. The second-order valence-electron chi connectivity index (χ2n) is 4.81. The van der Waals surface area contributed by atoms with E-state index in [1.807, 2.05) is 0 Å². The average Bonchev–Trinajstić information content (AvgIpc) is 2.40. The largest absolute Gasteiger partial charge is 0.387 e. The minimum Gasteiger partial charge on any atom is -0.387 e. The molecule has 18 heavy (non-hydrogen) atoms. The highest BCUT2D eigenvalue weighted by Gasteiger charge is 2.14. The van der Waals surface area contributed by atoms with Crippen molar-refractivity contribution < 1.29 is 14.2 Å². The first-order valence-corrected chi connectivity index (χ1v) is 6.47. The van der Waals surface area contributed by atoms with Gasteiger partial charge in [0.25, 0.3) is 0 Å². The van der Waals surface area contributed by atoms with Crippen LogP contribution in [0.3, 0.4) is 0 Å². The van der Waals surface area contributed by atoms with Crippen LogP contribution in [0.5, 0.6) is 0 Å². The number of rotatable bonds is 5. The van der Waals surface area contributed by atoms with Gasteiger partial charge in [-0.15, -0.1) is 0 Å². The molecule has 1 aliphatic rings. The molecule has 3 nitrogen and oxygen atoms in total. The van der Waals surface area contributed by atoms with Crippen molar-refractivity contribution in [3.8, 4) is 0 Å². The molecule has 1 heterocycles. The highest BCUT2D eigenvalue weighted by atomic mass is 19.1. The molecule has 0 aliphatic carbocycles. The highest BCUT2D eigenvalue weighted by molar-refractivity contribution is 5.18. The lowest BCUT2D eigenvalue weighted by molar-refractivity contribution is 0.0532. The van der Waals surface area contributed by atoms with E-state index in [9.17, 15) is 9.50 Å². The summed E-state index contributed by atoms with van der Waals surface area (Å²) >= 11 is 0. The van der Waals surface area contributed by atoms with Gasteiger partial charge in [0.15, 0.2) is 0 Å². The Bertz CT molecular complexity index is 349. The third-order valence-electron chi connectivity index (χ3n) is 3.28. The van der Waals surface area contributed by atoms with Gasteiger partial charge in [-0.3, -0.25) is 0 Å². The molecular weight excluding hydrogens is 233 g/mol. The lowest BCUT2D eigenvalue weighted by atomic mass is 10.0. The molecule has 4 heteroatoms. The molecule has 1 aromatic rings. The second kappa shape index (κ2) is 6.83. The van der Waals surface area contributed by atoms with Gasteiger partial charge in [-0.2, -0.15) is 0 Å². The topological polar surface area (TPSA) is 41.5 Å². The van der Waals surface area contributed by atoms with E-state index in [1.165, 1.54) is 18.6 Å². The van der Waals surface area contributed by atoms with E-state index in [0.717, 1.165) is 31.7 Å². The number of hydrogen-bond acceptors (Lipinski definition) is 3. The molecule has 1 aromatic carbocycles. The fourth-order valence-electron chi connectivity index (χ4n) is 2.20. The Morgan fingerprint density at radius 2 is 2.17 bits per heavy atom. The van der Waals surface area contributed by atoms with E-state index in [1.54, 1.807) is 12.1 Å². The predicted molar refractivity (Wildman–Crippen MR) is 67.8 cm³/mol. The van der Waals surface area contributed by atoms with Crippen LogP contribution in [0.4, 0.5) is 4.39 Å². The number of hydrogen-bond donors (Lipinski definition) is 2. The maximum atomic E-state index is 12.7. The summed E-state index contributed by atoms with van der Waals surface area (Å²) in [6, 6.07) is 5.97. The van der Waals surface area contributed by atoms with Crippen LogP contribution in [0.25, 0.3) is 0 Å². The average molecular weight is 253 g/mol. The molecule has 1 aliphatic heterocycles. The van der Waals surface area contributed by atoms with Gasteiger partial charge < -0.3 is 15.2 Å². The summed E-state index contributed by atoms with van der Waals surface area (Å²) < 4.78 is 18.1. The van der Waals surface area contributed by atoms with Crippen molar-refractivity contribution in [2.75, 3.05) is 26.3 Å². The van der Waals surface area contributed by atoms with Gasteiger partial charge in [0.1, 0.15) is 5.82 Å². The number of halogens is 1. The minimum absolute atomic E-state index is 0.279. The van der Waals surface area contributed by atoms with Crippen molar-refractivity contribution in [2.24, 2.45) is 5.92 Å². The molecule has 0 spiro atoms. The SMILES string of the molecule is OC(CNCC1CCCOC1)c1ccc(F)cc1. The van der Waals surface area contributed by atoms with E-state index in [2.05, 4.69) is 5.32 Å². The van der Waals surface area contributed by atoms with Crippen LogP contribution in [0, 0.1) is 11.7 Å². The number of ether oxygens (including phenoxy) is 1. The molecule has 1 saturated heterocycles. The summed E-state index contributed by atoms with van der Waals surface area (Å²) in [7, 11) is 0. The van der Waals surface area contributed by atoms with Crippen molar-refractivity contribution in [1.82, 2.24) is 5.32 Å². The Hall–Kier alpha value is -0.970. The smallest absolute Gasteiger partial charge is 0.123 e. The first-order chi connectivity index (χ1) is 8.75. The summed E-state index contributed by atoms with van der Waals surface area (Å²) in [6.07, 6.45) is 1.71. The predicted octanol–water partition coefficient (Wildman–Crippen LogP) is 1.88. The van der Waals surface area contributed by atoms with Crippen LogP contribution < -0.4 is 5.32 Å². The third-order valence-corrected chi connectivity index (χ3v) is 3.28. The zero-order chi connectivity index (χ0) is 12.8. The molecule has 0 radical (unpaired) electrons. The van der Waals surface area contributed by atoms with Gasteiger partial charge in [-0.25, -0.2) is 4.39 Å². The van der Waals surface area contributed by atoms with E-state index in [4.69, 9.17) is 4.74 Å². The van der Waals surface area contributed by atoms with Crippen molar-refractivity contribution in [3.05, 3.63) is 35.6 Å². The van der Waals surface area contributed by atoms with E-state index in [0.29, 0.717) is 12.5 Å². The monoisotopic (exact) mass is 253 g/mol. The first-order valence-electron chi connectivity index (χ1n) is 6.47. The van der Waals surface area contributed by atoms with Gasteiger partial charge in [0, 0.05) is 19.7 Å². The lowest BCUT2D eigenvalue weighted by Crippen LogP contribution is -2.31. The molecular formula is C14H20FNO2. The Labute approximate surface area is 107 Å². The molecule has 0 bridgehead atoms. The van der Waals surface area contributed by atoms with Gasteiger partial charge in [-0.1, -0.05) is 12.1 Å². The van der Waals surface area contributed by atoms with Gasteiger partial charge in [0.05, 0.1) is 12.7 Å². The summed E-state index contributed by atoms with van der Waals surface area (Å²) in [5.41, 5.74) is 0.740. The molecule has 0 aromatic heterocycles. The van der Waals surface area contributed by atoms with Crippen LogP contribution in [-0.2, 0) is 4.74 Å². The normalized spacial score (nSPS) is 21.8. The second-order valence-corrected chi connectivity index (χ2v) is 4.81. The maximum absolute atomic E-state index is 12.7. The molecule has 2 unspecified atom stereocenters. The molecule has 100 valence electrons. The maximum Gasteiger partial charge on any atom is 0.123 e. The molecule has 2 N–H and O–H groups in total. The van der Waals surface area contributed by atoms with Crippen LogP contribution in [0.1, 0.15) is 24.5 Å². The van der Waals surface area contributed by atoms with Gasteiger partial charge >= 0.3 is 0 Å². The van der Waals surface area contributed by atoms with Crippen molar-refractivity contribution >= 4 is 0 Å². The molecule has 1 fully saturated rings. The van der Waals surface area contributed by atoms with Crippen LogP contribution in [0.15, 0.2) is 24.3 Å². The summed E-state index contributed by atoms with van der Waals surface area (Å²) in [4.78, 5) is 0. The molecule has 0 saturated carbocycles. The standard InChI is InChI=1S/C14H20FNO2/c15-13-5-3-12(4-6-13)14(17)9-16-8-11-2-1-7-18-10-11/h3-6,11,14,16-17H,1-2,7-10H2. The Morgan fingerprint density at radius 1 is 1.39 bits per heavy atom. The summed E-state index contributed by atoms with van der Waals surface area (Å²) in [5, 5.41) is 13.2. The van der Waals surface area contributed by atoms with E-state index < -0.39 is 6.10 Å². The first kappa shape index (κ1) is 13.5.